The molecule has 2 aliphatic heterocycles. The summed E-state index contributed by atoms with van der Waals surface area (Å²) in [5, 5.41) is 11.6. The van der Waals surface area contributed by atoms with Crippen molar-refractivity contribution >= 4 is 29.1 Å². The summed E-state index contributed by atoms with van der Waals surface area (Å²) in [6.07, 6.45) is -0.233. The summed E-state index contributed by atoms with van der Waals surface area (Å²) in [6.45, 7) is 7.05. The number of rotatable bonds is 7. The molecule has 0 bridgehead atoms. The van der Waals surface area contributed by atoms with E-state index in [1.165, 1.54) is 17.0 Å². The summed E-state index contributed by atoms with van der Waals surface area (Å²) < 4.78 is 25.5. The average Bonchev–Trinajstić information content (AvgIpc) is 3.09. The highest BCUT2D eigenvalue weighted by atomic mass is 35.5. The molecule has 2 aromatic rings. The van der Waals surface area contributed by atoms with Gasteiger partial charge in [0.1, 0.15) is 5.76 Å². The molecule has 1 unspecified atom stereocenters. The van der Waals surface area contributed by atoms with Crippen LogP contribution in [-0.4, -0.2) is 72.1 Å². The minimum absolute atomic E-state index is 0.0360. The van der Waals surface area contributed by atoms with Gasteiger partial charge in [0.05, 0.1) is 30.9 Å². The Hall–Kier alpha value is -2.94. The Balaban J connectivity index is 1.73. The number of carbonyl (C=O) groups excluding carboxylic acids is 2. The summed E-state index contributed by atoms with van der Waals surface area (Å²) >= 11 is 6.21. The molecule has 7 nitrogen and oxygen atoms in total. The zero-order valence-corrected chi connectivity index (χ0v) is 20.4. The zero-order valence-electron chi connectivity index (χ0n) is 19.7. The number of hydrogen-bond acceptors (Lipinski definition) is 6. The smallest absolute Gasteiger partial charge is 0.295 e. The predicted molar refractivity (Wildman–Crippen MR) is 130 cm³/mol. The number of nitrogens with zero attached hydrogens (tertiary/aromatic N) is 2. The van der Waals surface area contributed by atoms with Gasteiger partial charge in [0, 0.05) is 36.8 Å². The lowest BCUT2D eigenvalue weighted by Gasteiger charge is -2.31. The summed E-state index contributed by atoms with van der Waals surface area (Å²) in [6, 6.07) is 9.92. The molecule has 9 heteroatoms. The number of benzene rings is 2. The maximum Gasteiger partial charge on any atom is 0.295 e. The van der Waals surface area contributed by atoms with E-state index < -0.39 is 29.3 Å². The topological polar surface area (TPSA) is 79.3 Å². The fraction of sp³-hybridized carbons (Fsp3) is 0.385. The van der Waals surface area contributed by atoms with Gasteiger partial charge in [-0.15, -0.1) is 0 Å². The molecule has 1 N–H and O–H groups in total. The van der Waals surface area contributed by atoms with Crippen molar-refractivity contribution in [3.63, 3.8) is 0 Å². The van der Waals surface area contributed by atoms with Crippen LogP contribution in [0.4, 0.5) is 4.39 Å². The van der Waals surface area contributed by atoms with E-state index in [1.807, 2.05) is 0 Å². The first kappa shape index (κ1) is 25.2. The number of ketones is 1. The van der Waals surface area contributed by atoms with Crippen molar-refractivity contribution in [2.75, 3.05) is 39.4 Å². The maximum atomic E-state index is 14.7. The number of carbonyl (C=O) groups is 2. The molecule has 1 amide bonds. The third-order valence-corrected chi connectivity index (χ3v) is 6.27. The van der Waals surface area contributed by atoms with Gasteiger partial charge in [0.25, 0.3) is 11.7 Å². The molecule has 4 rings (SSSR count). The monoisotopic (exact) mass is 502 g/mol. The number of hydrogen-bond donors (Lipinski definition) is 1. The van der Waals surface area contributed by atoms with Crippen LogP contribution >= 0.6 is 11.6 Å². The lowest BCUT2D eigenvalue weighted by atomic mass is 9.95. The van der Waals surface area contributed by atoms with Gasteiger partial charge in [-0.25, -0.2) is 4.39 Å². The highest BCUT2D eigenvalue weighted by molar-refractivity contribution is 6.46. The Labute approximate surface area is 208 Å². The molecule has 2 heterocycles. The molecule has 0 saturated carbocycles. The van der Waals surface area contributed by atoms with Crippen LogP contribution in [0.25, 0.3) is 5.76 Å². The van der Waals surface area contributed by atoms with Gasteiger partial charge in [-0.2, -0.15) is 0 Å². The largest absolute Gasteiger partial charge is 0.507 e. The van der Waals surface area contributed by atoms with Crippen molar-refractivity contribution in [1.82, 2.24) is 9.80 Å². The van der Waals surface area contributed by atoms with E-state index in [-0.39, 0.29) is 29.5 Å². The van der Waals surface area contributed by atoms with E-state index in [2.05, 4.69) is 4.90 Å². The number of amides is 1. The maximum absolute atomic E-state index is 14.7. The van der Waals surface area contributed by atoms with Crippen molar-refractivity contribution < 1.29 is 28.6 Å². The molecular weight excluding hydrogens is 475 g/mol. The van der Waals surface area contributed by atoms with Crippen LogP contribution in [0.15, 0.2) is 48.0 Å². The standard InChI is InChI=1S/C26H28ClFN2O5/c1-16(2)35-21-7-6-18(15-20(21)28)24(31)22-23(17-4-3-5-19(27)14-17)30(26(33)25(22)32)9-8-29-10-12-34-13-11-29/h3-7,14-16,23,31H,8-13H2,1-2H3/b24-22+. The molecule has 0 aliphatic carbocycles. The van der Waals surface area contributed by atoms with Crippen molar-refractivity contribution in [3.8, 4) is 5.75 Å². The highest BCUT2D eigenvalue weighted by Crippen LogP contribution is 2.40. The number of likely N-dealkylation sites (tertiary alicyclic amines) is 1. The van der Waals surface area contributed by atoms with Crippen LogP contribution in [0.5, 0.6) is 5.75 Å². The Morgan fingerprint density at radius 3 is 2.57 bits per heavy atom. The van der Waals surface area contributed by atoms with Gasteiger partial charge in [-0.3, -0.25) is 14.5 Å². The van der Waals surface area contributed by atoms with Crippen LogP contribution in [0.2, 0.25) is 5.02 Å². The second kappa shape index (κ2) is 10.8. The van der Waals surface area contributed by atoms with Crippen LogP contribution in [0.1, 0.15) is 31.0 Å². The first-order chi connectivity index (χ1) is 16.8. The lowest BCUT2D eigenvalue weighted by Crippen LogP contribution is -2.42. The second-order valence-corrected chi connectivity index (χ2v) is 9.25. The molecule has 2 saturated heterocycles. The van der Waals surface area contributed by atoms with Crippen LogP contribution < -0.4 is 4.74 Å². The summed E-state index contributed by atoms with van der Waals surface area (Å²) in [4.78, 5) is 29.8. The van der Waals surface area contributed by atoms with Crippen LogP contribution in [-0.2, 0) is 14.3 Å². The molecule has 186 valence electrons. The number of aliphatic hydroxyl groups excluding tert-OH is 1. The van der Waals surface area contributed by atoms with E-state index in [4.69, 9.17) is 21.1 Å². The average molecular weight is 503 g/mol. The number of morpholine rings is 1. The van der Waals surface area contributed by atoms with Crippen molar-refractivity contribution in [1.29, 1.82) is 0 Å². The van der Waals surface area contributed by atoms with Crippen molar-refractivity contribution in [2.45, 2.75) is 26.0 Å². The lowest BCUT2D eigenvalue weighted by molar-refractivity contribution is -0.140. The molecule has 0 aromatic heterocycles. The van der Waals surface area contributed by atoms with Gasteiger partial charge in [-0.1, -0.05) is 23.7 Å². The van der Waals surface area contributed by atoms with Gasteiger partial charge in [-0.05, 0) is 49.7 Å². The summed E-state index contributed by atoms with van der Waals surface area (Å²) in [5.41, 5.74) is 0.563. The third-order valence-electron chi connectivity index (χ3n) is 6.03. The first-order valence-electron chi connectivity index (χ1n) is 11.6. The van der Waals surface area contributed by atoms with Crippen LogP contribution in [0.3, 0.4) is 0 Å². The number of ether oxygens (including phenoxy) is 2. The van der Waals surface area contributed by atoms with E-state index in [9.17, 15) is 19.1 Å². The quantitative estimate of drug-likeness (QED) is 0.350. The molecule has 0 radical (unpaired) electrons. The summed E-state index contributed by atoms with van der Waals surface area (Å²) in [5.74, 6) is -2.63. The minimum atomic E-state index is -0.857. The molecule has 2 aliphatic rings. The fourth-order valence-corrected chi connectivity index (χ4v) is 4.56. The van der Waals surface area contributed by atoms with Crippen molar-refractivity contribution in [3.05, 3.63) is 70.0 Å². The van der Waals surface area contributed by atoms with Crippen LogP contribution in [0, 0.1) is 5.82 Å². The molecule has 2 fully saturated rings. The number of aliphatic hydroxyl groups is 1. The SMILES string of the molecule is CC(C)Oc1ccc(/C(O)=C2\C(=O)C(=O)N(CCN3CCOCC3)C2c2cccc(Cl)c2)cc1F. The number of halogens is 2. The Kier molecular flexibility index (Phi) is 7.74. The molecule has 35 heavy (non-hydrogen) atoms. The number of Topliss-reactive ketones (excluding diaryl/α,β-unsaturated/α-hetero) is 1. The Morgan fingerprint density at radius 1 is 1.17 bits per heavy atom. The summed E-state index contributed by atoms with van der Waals surface area (Å²) in [7, 11) is 0. The van der Waals surface area contributed by atoms with Gasteiger partial charge < -0.3 is 19.5 Å². The highest BCUT2D eigenvalue weighted by Gasteiger charge is 2.46. The van der Waals surface area contributed by atoms with E-state index in [0.29, 0.717) is 30.3 Å². The third kappa shape index (κ3) is 5.50. The van der Waals surface area contributed by atoms with E-state index in [0.717, 1.165) is 19.2 Å². The van der Waals surface area contributed by atoms with Gasteiger partial charge in [0.15, 0.2) is 11.6 Å². The van der Waals surface area contributed by atoms with Crippen molar-refractivity contribution in [2.24, 2.45) is 0 Å². The first-order valence-corrected chi connectivity index (χ1v) is 11.9. The zero-order chi connectivity index (χ0) is 25.1. The Bertz CT molecular complexity index is 1150. The molecule has 2 aromatic carbocycles. The Morgan fingerprint density at radius 2 is 1.91 bits per heavy atom. The second-order valence-electron chi connectivity index (χ2n) is 8.81. The molecule has 1 atom stereocenters. The van der Waals surface area contributed by atoms with Gasteiger partial charge >= 0.3 is 0 Å². The van der Waals surface area contributed by atoms with Gasteiger partial charge in [0.2, 0.25) is 0 Å². The predicted octanol–water partition coefficient (Wildman–Crippen LogP) is 4.02. The van der Waals surface area contributed by atoms with E-state index >= 15 is 0 Å². The van der Waals surface area contributed by atoms with E-state index in [1.54, 1.807) is 38.1 Å². The fourth-order valence-electron chi connectivity index (χ4n) is 4.36. The minimum Gasteiger partial charge on any atom is -0.507 e. The molecule has 0 spiro atoms. The molecular formula is C26H28ClFN2O5. The normalized spacial score (nSPS) is 20.6.